The molecule has 5 amide bonds. The zero-order valence-electron chi connectivity index (χ0n) is 23.0. The van der Waals surface area contributed by atoms with Crippen molar-refractivity contribution in [1.82, 2.24) is 10.2 Å². The Balaban J connectivity index is 0. The van der Waals surface area contributed by atoms with Crippen LogP contribution in [0.15, 0.2) is 24.3 Å². The molecule has 0 spiro atoms. The summed E-state index contributed by atoms with van der Waals surface area (Å²) >= 11 is 0. The van der Waals surface area contributed by atoms with Crippen molar-refractivity contribution in [3.63, 3.8) is 0 Å². The molecule has 1 N–H and O–H groups in total. The number of amides is 5. The van der Waals surface area contributed by atoms with Crippen LogP contribution in [0.5, 0.6) is 0 Å². The fourth-order valence-electron chi connectivity index (χ4n) is 3.42. The van der Waals surface area contributed by atoms with Crippen molar-refractivity contribution in [2.75, 3.05) is 32.8 Å². The summed E-state index contributed by atoms with van der Waals surface area (Å²) in [6.45, 7) is 1.73. The van der Waals surface area contributed by atoms with Gasteiger partial charge in [0.25, 0.3) is 0 Å². The first-order valence-corrected chi connectivity index (χ1v) is 12.5. The first kappa shape index (κ1) is 39.0. The van der Waals surface area contributed by atoms with Crippen LogP contribution in [0.3, 0.4) is 0 Å². The van der Waals surface area contributed by atoms with Gasteiger partial charge in [0.15, 0.2) is 0 Å². The van der Waals surface area contributed by atoms with Crippen molar-refractivity contribution in [2.45, 2.75) is 57.8 Å². The SMILES string of the molecule is O=CCCCCCNC(=O)CCCOCC[N-]C(=O)CC(=O)[N-]c1ccc(CC(=O)N2CCC2=O)cc1.[HH].[Rb+].[Rb+]. The second kappa shape index (κ2) is 23.6. The van der Waals surface area contributed by atoms with Crippen molar-refractivity contribution < 1.29 is 151 Å². The number of imide groups is 1. The van der Waals surface area contributed by atoms with Gasteiger partial charge in [-0.3, -0.25) is 19.3 Å². The van der Waals surface area contributed by atoms with E-state index in [2.05, 4.69) is 16.0 Å². The monoisotopic (exact) mass is 686 g/mol. The smallest absolute Gasteiger partial charge is 0.651 e. The number of β-lactam (4-membered cyclic amide) rings is 1. The molecule has 39 heavy (non-hydrogen) atoms. The zero-order chi connectivity index (χ0) is 26.9. The molecule has 11 nitrogen and oxygen atoms in total. The van der Waals surface area contributed by atoms with Crippen molar-refractivity contribution in [3.05, 3.63) is 40.5 Å². The van der Waals surface area contributed by atoms with Gasteiger partial charge in [0.05, 0.1) is 18.2 Å². The van der Waals surface area contributed by atoms with Crippen molar-refractivity contribution in [3.8, 4) is 0 Å². The van der Waals surface area contributed by atoms with Crippen molar-refractivity contribution in [1.29, 1.82) is 0 Å². The minimum atomic E-state index is -0.626. The molecule has 0 unspecified atom stereocenters. The molecule has 1 aromatic carbocycles. The summed E-state index contributed by atoms with van der Waals surface area (Å²) in [4.78, 5) is 70.3. The number of unbranched alkanes of at least 4 members (excludes halogenated alkanes) is 3. The average Bonchev–Trinajstić information content (AvgIpc) is 2.85. The summed E-state index contributed by atoms with van der Waals surface area (Å²) < 4.78 is 5.36. The van der Waals surface area contributed by atoms with E-state index in [0.717, 1.165) is 25.5 Å². The Morgan fingerprint density at radius 1 is 1.00 bits per heavy atom. The van der Waals surface area contributed by atoms with Crippen LogP contribution in [-0.2, 0) is 39.9 Å². The third-order valence-electron chi connectivity index (χ3n) is 5.54. The molecule has 1 aromatic rings. The van der Waals surface area contributed by atoms with Crippen LogP contribution < -0.4 is 122 Å². The Bertz CT molecular complexity index is 951. The number of likely N-dealkylation sites (tertiary alicyclic amines) is 1. The summed E-state index contributed by atoms with van der Waals surface area (Å²) in [5, 5.41) is 10.5. The predicted molar refractivity (Wildman–Crippen MR) is 137 cm³/mol. The first-order chi connectivity index (χ1) is 17.9. The van der Waals surface area contributed by atoms with Gasteiger partial charge < -0.3 is 35.1 Å². The van der Waals surface area contributed by atoms with Crippen molar-refractivity contribution >= 4 is 41.5 Å². The number of hydrogen-bond donors (Lipinski definition) is 1. The normalized spacial score (nSPS) is 11.8. The molecule has 1 saturated heterocycles. The fraction of sp³-hybridized carbons (Fsp3) is 0.538. The number of nitrogens with zero attached hydrogens (tertiary/aromatic N) is 3. The summed E-state index contributed by atoms with van der Waals surface area (Å²) in [6, 6.07) is 6.45. The Labute approximate surface area is 328 Å². The summed E-state index contributed by atoms with van der Waals surface area (Å²) in [6.07, 6.45) is 4.98. The molecule has 0 radical (unpaired) electrons. The summed E-state index contributed by atoms with van der Waals surface area (Å²) in [7, 11) is 0. The molecule has 1 fully saturated rings. The van der Waals surface area contributed by atoms with Crippen LogP contribution in [-0.4, -0.2) is 73.6 Å². The van der Waals surface area contributed by atoms with Gasteiger partial charge in [-0.05, 0) is 24.8 Å². The first-order valence-electron chi connectivity index (χ1n) is 12.5. The number of benzene rings is 1. The van der Waals surface area contributed by atoms with Gasteiger partial charge in [0.1, 0.15) is 6.29 Å². The molecule has 0 aromatic heterocycles. The van der Waals surface area contributed by atoms with Crippen LogP contribution in [0, 0.1) is 0 Å². The van der Waals surface area contributed by atoms with Crippen LogP contribution in [0.4, 0.5) is 5.69 Å². The molecule has 2 rings (SSSR count). The van der Waals surface area contributed by atoms with E-state index in [9.17, 15) is 28.8 Å². The van der Waals surface area contributed by atoms with Crippen LogP contribution >= 0.6 is 0 Å². The predicted octanol–water partition coefficient (Wildman–Crippen LogP) is -3.26. The average molecular weight is 688 g/mol. The zero-order valence-corrected chi connectivity index (χ0v) is 32.8. The van der Waals surface area contributed by atoms with E-state index in [0.29, 0.717) is 56.6 Å². The largest absolute Gasteiger partial charge is 1.00 e. The fourth-order valence-corrected chi connectivity index (χ4v) is 3.42. The second-order valence-corrected chi connectivity index (χ2v) is 8.57. The Kier molecular flexibility index (Phi) is 23.6. The third kappa shape index (κ3) is 17.5. The minimum absolute atomic E-state index is 0. The van der Waals surface area contributed by atoms with Gasteiger partial charge in [0.2, 0.25) is 17.7 Å². The molecule has 1 aliphatic heterocycles. The van der Waals surface area contributed by atoms with Gasteiger partial charge in [-0.2, -0.15) is 0 Å². The number of ether oxygens (including phenoxy) is 1. The van der Waals surface area contributed by atoms with Gasteiger partial charge in [-0.15, -0.1) is 12.2 Å². The number of aldehydes is 1. The van der Waals surface area contributed by atoms with Gasteiger partial charge in [-0.1, -0.05) is 30.7 Å². The Morgan fingerprint density at radius 3 is 2.38 bits per heavy atom. The van der Waals surface area contributed by atoms with E-state index in [1.165, 1.54) is 4.90 Å². The summed E-state index contributed by atoms with van der Waals surface area (Å²) in [5.74, 6) is -1.69. The molecule has 1 aliphatic rings. The molecule has 13 heteroatoms. The molecule has 0 bridgehead atoms. The topological polar surface area (TPSA) is 155 Å². The molecule has 204 valence electrons. The molecule has 1 heterocycles. The van der Waals surface area contributed by atoms with Crippen LogP contribution in [0.1, 0.15) is 58.4 Å². The third-order valence-corrected chi connectivity index (χ3v) is 5.54. The standard InChI is InChI=1S/C26H36N4O7.2Rb.H2/c31-15-4-2-1-3-12-27-22(32)6-5-16-37-17-13-28-23(33)19-24(34)29-21-9-7-20(8-10-21)18-26(36)30-14-11-25(30)35;;;/h7-10,15H,1-6,11-14,16-19H2,(H3,27,28,29,32,33,34);;;1H/q;2*+1;/p-2. The maximum absolute atomic E-state index is 12.0. The second-order valence-electron chi connectivity index (χ2n) is 8.57. The van der Waals surface area contributed by atoms with E-state index in [-0.39, 0.29) is 155 Å². The van der Waals surface area contributed by atoms with Crippen LogP contribution in [0.25, 0.3) is 10.6 Å². The van der Waals surface area contributed by atoms with Gasteiger partial charge in [-0.25, -0.2) is 0 Å². The number of carbonyl (C=O) groups is 6. The molecular weight excluding hydrogens is 651 g/mol. The number of rotatable bonds is 18. The van der Waals surface area contributed by atoms with Crippen LogP contribution in [0.2, 0.25) is 0 Å². The minimum Gasteiger partial charge on any atom is -0.651 e. The number of nitrogens with one attached hydrogen (secondary N) is 1. The maximum atomic E-state index is 12.0. The molecule has 0 aliphatic carbocycles. The van der Waals surface area contributed by atoms with E-state index in [1.807, 2.05) is 0 Å². The molecular formula is C26H36N4O7Rb2. The van der Waals surface area contributed by atoms with E-state index >= 15 is 0 Å². The van der Waals surface area contributed by atoms with Gasteiger partial charge >= 0.3 is 116 Å². The molecule has 0 saturated carbocycles. The quantitative estimate of drug-likeness (QED) is 0.0736. The Morgan fingerprint density at radius 2 is 1.74 bits per heavy atom. The van der Waals surface area contributed by atoms with E-state index < -0.39 is 18.2 Å². The molecule has 0 atom stereocenters. The maximum Gasteiger partial charge on any atom is 1.00 e. The van der Waals surface area contributed by atoms with E-state index in [1.54, 1.807) is 24.3 Å². The Hall–Kier alpha value is 0.0104. The van der Waals surface area contributed by atoms with Crippen molar-refractivity contribution in [2.24, 2.45) is 0 Å². The number of carbonyl (C=O) groups excluding carboxylic acids is 6. The van der Waals surface area contributed by atoms with Gasteiger partial charge in [0, 0.05) is 53.4 Å². The van der Waals surface area contributed by atoms with E-state index in [4.69, 9.17) is 4.74 Å². The summed E-state index contributed by atoms with van der Waals surface area (Å²) in [5.41, 5.74) is 1.06. The number of hydrogen-bond acceptors (Lipinski definition) is 7.